The maximum absolute atomic E-state index is 9.96. The molecule has 3 unspecified atom stereocenters. The lowest BCUT2D eigenvalue weighted by atomic mass is 9.66. The molecule has 0 saturated carbocycles. The second-order valence-corrected chi connectivity index (χ2v) is 16.6. The zero-order valence-electron chi connectivity index (χ0n) is 34.5. The molecule has 0 spiro atoms. The Balaban J connectivity index is 0.000000211. The maximum Gasteiger partial charge on any atom is 0.161 e. The van der Waals surface area contributed by atoms with E-state index in [9.17, 15) is 5.11 Å². The molecular formula is C48H66N2O5. The summed E-state index contributed by atoms with van der Waals surface area (Å²) >= 11 is 0. The molecular weight excluding hydrogens is 685 g/mol. The highest BCUT2D eigenvalue weighted by atomic mass is 16.5. The molecule has 2 heterocycles. The van der Waals surface area contributed by atoms with Crippen molar-refractivity contribution in [3.8, 4) is 17.2 Å². The molecule has 7 nitrogen and oxygen atoms in total. The number of rotatable bonds is 15. The van der Waals surface area contributed by atoms with E-state index in [1.54, 1.807) is 20.3 Å². The summed E-state index contributed by atoms with van der Waals surface area (Å²) in [6.07, 6.45) is 7.42. The van der Waals surface area contributed by atoms with Gasteiger partial charge in [0.15, 0.2) is 11.5 Å². The second kappa shape index (κ2) is 19.3. The average Bonchev–Trinajstić information content (AvgIpc) is 3.19. The number of phenolic OH excluding ortho intramolecular Hbond substituents is 1. The van der Waals surface area contributed by atoms with Crippen LogP contribution in [-0.2, 0) is 33.4 Å². The summed E-state index contributed by atoms with van der Waals surface area (Å²) in [7, 11) is 3.33. The van der Waals surface area contributed by atoms with Crippen LogP contribution in [-0.4, -0.2) is 56.8 Å². The summed E-state index contributed by atoms with van der Waals surface area (Å²) in [5, 5.41) is 17.1. The minimum atomic E-state index is -0.0859. The summed E-state index contributed by atoms with van der Waals surface area (Å²) in [4.78, 5) is 0. The van der Waals surface area contributed by atoms with Gasteiger partial charge in [0.1, 0.15) is 5.75 Å². The quantitative estimate of drug-likeness (QED) is 0.104. The summed E-state index contributed by atoms with van der Waals surface area (Å²) in [5.41, 5.74) is 6.47. The molecule has 2 fully saturated rings. The Kier molecular flexibility index (Phi) is 14.8. The predicted molar refractivity (Wildman–Crippen MR) is 224 cm³/mol. The van der Waals surface area contributed by atoms with Gasteiger partial charge in [-0.05, 0) is 121 Å². The summed E-state index contributed by atoms with van der Waals surface area (Å²) in [6, 6.07) is 33.6. The van der Waals surface area contributed by atoms with Gasteiger partial charge in [-0.2, -0.15) is 0 Å². The number of hydrogen-bond donors (Lipinski definition) is 3. The molecule has 0 aliphatic carbocycles. The summed E-state index contributed by atoms with van der Waals surface area (Å²) in [5.74, 6) is 1.90. The number of aromatic hydroxyl groups is 1. The van der Waals surface area contributed by atoms with Crippen molar-refractivity contribution in [2.24, 2.45) is 0 Å². The first-order valence-corrected chi connectivity index (χ1v) is 20.2. The van der Waals surface area contributed by atoms with Crippen LogP contribution in [0.4, 0.5) is 0 Å². The Morgan fingerprint density at radius 3 is 1.91 bits per heavy atom. The van der Waals surface area contributed by atoms with E-state index in [1.807, 2.05) is 30.3 Å². The van der Waals surface area contributed by atoms with E-state index in [2.05, 4.69) is 106 Å². The number of methoxy groups -OCH3 is 2. The van der Waals surface area contributed by atoms with Crippen LogP contribution < -0.4 is 20.1 Å². The predicted octanol–water partition coefficient (Wildman–Crippen LogP) is 9.81. The van der Waals surface area contributed by atoms with Crippen molar-refractivity contribution in [3.63, 3.8) is 0 Å². The zero-order chi connectivity index (χ0) is 39.4. The minimum absolute atomic E-state index is 0.0547. The van der Waals surface area contributed by atoms with Gasteiger partial charge < -0.3 is 34.7 Å². The first-order valence-electron chi connectivity index (χ1n) is 20.2. The molecule has 2 saturated heterocycles. The van der Waals surface area contributed by atoms with Gasteiger partial charge in [0, 0.05) is 42.7 Å². The van der Waals surface area contributed by atoms with E-state index in [0.29, 0.717) is 12.3 Å². The smallest absolute Gasteiger partial charge is 0.161 e. The largest absolute Gasteiger partial charge is 0.508 e. The molecule has 0 radical (unpaired) electrons. The van der Waals surface area contributed by atoms with Crippen molar-refractivity contribution in [3.05, 3.63) is 125 Å². The monoisotopic (exact) mass is 750 g/mol. The third-order valence-corrected chi connectivity index (χ3v) is 12.0. The van der Waals surface area contributed by atoms with Gasteiger partial charge in [0.2, 0.25) is 0 Å². The van der Waals surface area contributed by atoms with Gasteiger partial charge in [-0.1, -0.05) is 91.3 Å². The van der Waals surface area contributed by atoms with Gasteiger partial charge in [0.05, 0.1) is 25.4 Å². The Bertz CT molecular complexity index is 1760. The Morgan fingerprint density at radius 2 is 1.27 bits per heavy atom. The molecule has 55 heavy (non-hydrogen) atoms. The molecule has 2 aliphatic rings. The van der Waals surface area contributed by atoms with Crippen molar-refractivity contribution in [2.75, 3.05) is 40.5 Å². The molecule has 4 aromatic carbocycles. The van der Waals surface area contributed by atoms with Crippen LogP contribution in [0.1, 0.15) is 100 Å². The molecule has 2 aliphatic heterocycles. The molecule has 0 amide bonds. The van der Waals surface area contributed by atoms with Gasteiger partial charge >= 0.3 is 0 Å². The molecule has 0 aromatic heterocycles. The number of nitrogens with one attached hydrogen (secondary N) is 2. The van der Waals surface area contributed by atoms with Crippen LogP contribution in [0.15, 0.2) is 97.1 Å². The third-order valence-electron chi connectivity index (χ3n) is 12.0. The lowest BCUT2D eigenvalue weighted by Crippen LogP contribution is -2.46. The highest BCUT2D eigenvalue weighted by molar-refractivity contribution is 5.43. The molecule has 7 heteroatoms. The molecule has 6 rings (SSSR count). The van der Waals surface area contributed by atoms with Crippen molar-refractivity contribution < 1.29 is 24.1 Å². The Labute approximate surface area is 331 Å². The fourth-order valence-corrected chi connectivity index (χ4v) is 8.72. The number of ether oxygens (including phenoxy) is 4. The van der Waals surface area contributed by atoms with Gasteiger partial charge in [-0.15, -0.1) is 0 Å². The third kappa shape index (κ3) is 11.3. The second-order valence-electron chi connectivity index (χ2n) is 16.6. The van der Waals surface area contributed by atoms with Gasteiger partial charge in [-0.3, -0.25) is 0 Å². The standard InChI is InChI=1S/C24H33NO3.C24H33NO2/c1-23(2)18-24(13-15-28-23,20-8-6-5-7-9-20)12-14-25-17-19-10-11-21(26-3)22(16-19)27-4;1-4-23(3)18-24(14-16-27-23,21-11-9-19(2)10-12-21)13-15-25-17-20-7-5-6-8-22(20)26/h5-11,16,25H,12-15,17-18H2,1-4H3;5-12,25-26H,4,13-18H2,1-3H3. The number of para-hydroxylation sites is 1. The van der Waals surface area contributed by atoms with E-state index in [-0.39, 0.29) is 22.0 Å². The fourth-order valence-electron chi connectivity index (χ4n) is 8.72. The number of aryl methyl sites for hydroxylation is 1. The van der Waals surface area contributed by atoms with Crippen LogP contribution in [0, 0.1) is 6.92 Å². The summed E-state index contributed by atoms with van der Waals surface area (Å²) in [6.45, 7) is 16.1. The molecule has 3 atom stereocenters. The van der Waals surface area contributed by atoms with Crippen LogP contribution in [0.5, 0.6) is 17.2 Å². The Morgan fingerprint density at radius 1 is 0.673 bits per heavy atom. The van der Waals surface area contributed by atoms with E-state index in [4.69, 9.17) is 18.9 Å². The molecule has 4 aromatic rings. The topological polar surface area (TPSA) is 81.2 Å². The van der Waals surface area contributed by atoms with Crippen LogP contribution in [0.25, 0.3) is 0 Å². The van der Waals surface area contributed by atoms with Crippen LogP contribution >= 0.6 is 0 Å². The van der Waals surface area contributed by atoms with Crippen molar-refractivity contribution in [1.82, 2.24) is 10.6 Å². The summed E-state index contributed by atoms with van der Waals surface area (Å²) < 4.78 is 22.9. The van der Waals surface area contributed by atoms with E-state index in [1.165, 1.54) is 22.3 Å². The first-order chi connectivity index (χ1) is 26.4. The van der Waals surface area contributed by atoms with E-state index >= 15 is 0 Å². The zero-order valence-corrected chi connectivity index (χ0v) is 34.5. The van der Waals surface area contributed by atoms with Gasteiger partial charge in [-0.25, -0.2) is 0 Å². The van der Waals surface area contributed by atoms with Crippen molar-refractivity contribution in [2.45, 2.75) is 115 Å². The van der Waals surface area contributed by atoms with Crippen molar-refractivity contribution in [1.29, 1.82) is 0 Å². The normalized spacial score (nSPS) is 23.3. The van der Waals surface area contributed by atoms with Gasteiger partial charge in [0.25, 0.3) is 0 Å². The lowest BCUT2D eigenvalue weighted by Gasteiger charge is -2.47. The number of phenols is 1. The highest BCUT2D eigenvalue weighted by Gasteiger charge is 2.43. The van der Waals surface area contributed by atoms with Crippen LogP contribution in [0.2, 0.25) is 0 Å². The van der Waals surface area contributed by atoms with E-state index < -0.39 is 0 Å². The average molecular weight is 751 g/mol. The minimum Gasteiger partial charge on any atom is -0.508 e. The first kappa shape index (κ1) is 42.3. The Hall–Kier alpha value is -3.88. The van der Waals surface area contributed by atoms with E-state index in [0.717, 1.165) is 94.9 Å². The molecule has 0 bridgehead atoms. The molecule has 298 valence electrons. The number of hydrogen-bond acceptors (Lipinski definition) is 7. The maximum atomic E-state index is 9.96. The SMILES string of the molecule is CCC1(C)CC(CCNCc2ccccc2O)(c2ccc(C)cc2)CCO1.COc1ccc(CNCCC2(c3ccccc3)CCOC(C)(C)C2)cc1OC. The fraction of sp³-hybridized carbons (Fsp3) is 0.500. The molecule has 3 N–H and O–H groups in total. The highest BCUT2D eigenvalue weighted by Crippen LogP contribution is 2.46. The van der Waals surface area contributed by atoms with Crippen molar-refractivity contribution >= 4 is 0 Å². The lowest BCUT2D eigenvalue weighted by molar-refractivity contribution is -0.0979. The van der Waals surface area contributed by atoms with Crippen LogP contribution in [0.3, 0.4) is 0 Å². The number of benzene rings is 4.